The van der Waals surface area contributed by atoms with Crippen molar-refractivity contribution >= 4 is 12.0 Å². The minimum absolute atomic E-state index is 0.0995. The van der Waals surface area contributed by atoms with Gasteiger partial charge in [-0.15, -0.1) is 6.42 Å². The molecule has 0 spiro atoms. The zero-order valence-electron chi connectivity index (χ0n) is 13.2. The Kier molecular flexibility index (Phi) is 4.88. The van der Waals surface area contributed by atoms with Gasteiger partial charge in [-0.05, 0) is 41.0 Å². The molecule has 0 radical (unpaired) electrons. The molecule has 2 aromatic rings. The van der Waals surface area contributed by atoms with E-state index in [9.17, 15) is 9.90 Å². The molecule has 0 fully saturated rings. The molecule has 2 rings (SSSR count). The van der Waals surface area contributed by atoms with E-state index in [4.69, 9.17) is 11.2 Å². The van der Waals surface area contributed by atoms with Crippen LogP contribution in [0.3, 0.4) is 0 Å². The van der Waals surface area contributed by atoms with E-state index in [1.54, 1.807) is 19.3 Å². The Hall–Kier alpha value is -2.99. The molecule has 23 heavy (non-hydrogen) atoms. The van der Waals surface area contributed by atoms with E-state index < -0.39 is 5.97 Å². The third kappa shape index (κ3) is 3.27. The maximum atomic E-state index is 11.6. The molecule has 0 bridgehead atoms. The molecule has 2 aromatic carbocycles. The fourth-order valence-corrected chi connectivity index (χ4v) is 2.54. The van der Waals surface area contributed by atoms with E-state index in [1.165, 1.54) is 6.07 Å². The number of carbonyl (C=O) groups is 1. The molecular weight excluding hydrogens is 288 g/mol. The van der Waals surface area contributed by atoms with Gasteiger partial charge in [0.05, 0.1) is 12.7 Å². The molecule has 0 heterocycles. The number of terminal acetylenes is 1. The van der Waals surface area contributed by atoms with Gasteiger partial charge in [-0.25, -0.2) is 4.79 Å². The van der Waals surface area contributed by atoms with Crippen LogP contribution in [0, 0.1) is 12.3 Å². The molecule has 1 N–H and O–H groups in total. The molecule has 0 saturated heterocycles. The number of aromatic carboxylic acids is 1. The van der Waals surface area contributed by atoms with E-state index in [0.29, 0.717) is 11.1 Å². The molecule has 0 aliphatic heterocycles. The topological polar surface area (TPSA) is 46.5 Å². The first-order valence-electron chi connectivity index (χ1n) is 7.16. The summed E-state index contributed by atoms with van der Waals surface area (Å²) in [6, 6.07) is 10.9. The third-order valence-corrected chi connectivity index (χ3v) is 3.91. The van der Waals surface area contributed by atoms with Gasteiger partial charge in [-0.3, -0.25) is 0 Å². The van der Waals surface area contributed by atoms with Crippen LogP contribution >= 0.6 is 0 Å². The summed E-state index contributed by atoms with van der Waals surface area (Å²) in [7, 11) is 1.61. The average molecular weight is 306 g/mol. The van der Waals surface area contributed by atoms with Crippen LogP contribution in [0.15, 0.2) is 43.0 Å². The van der Waals surface area contributed by atoms with Crippen LogP contribution in [0.2, 0.25) is 0 Å². The minimum atomic E-state index is -0.993. The van der Waals surface area contributed by atoms with Crippen molar-refractivity contribution in [3.8, 4) is 18.1 Å². The normalized spacial score (nSPS) is 11.3. The summed E-state index contributed by atoms with van der Waals surface area (Å²) in [5.74, 6) is 2.18. The smallest absolute Gasteiger partial charge is 0.336 e. The molecule has 1 unspecified atom stereocenters. The number of carboxylic acid groups (broad SMARTS) is 1. The first-order valence-corrected chi connectivity index (χ1v) is 7.16. The summed E-state index contributed by atoms with van der Waals surface area (Å²) in [5.41, 5.74) is 3.20. The van der Waals surface area contributed by atoms with Crippen molar-refractivity contribution in [2.75, 3.05) is 7.11 Å². The van der Waals surface area contributed by atoms with Gasteiger partial charge in [0, 0.05) is 11.5 Å². The first-order chi connectivity index (χ1) is 11.0. The molecular formula is C20H18O3. The van der Waals surface area contributed by atoms with Gasteiger partial charge < -0.3 is 9.84 Å². The van der Waals surface area contributed by atoms with Crippen molar-refractivity contribution in [2.24, 2.45) is 0 Å². The Balaban J connectivity index is 2.57. The van der Waals surface area contributed by atoms with Gasteiger partial charge >= 0.3 is 5.97 Å². The maximum Gasteiger partial charge on any atom is 0.336 e. The number of ether oxygens (including phenoxy) is 1. The molecule has 3 heteroatoms. The Labute approximate surface area is 136 Å². The van der Waals surface area contributed by atoms with Crippen molar-refractivity contribution in [3.63, 3.8) is 0 Å². The van der Waals surface area contributed by atoms with Crippen LogP contribution in [0.4, 0.5) is 0 Å². The molecule has 0 aliphatic rings. The Bertz CT molecular complexity index is 780. The predicted molar refractivity (Wildman–Crippen MR) is 91.9 cm³/mol. The van der Waals surface area contributed by atoms with Gasteiger partial charge in [0.15, 0.2) is 0 Å². The van der Waals surface area contributed by atoms with Gasteiger partial charge in [0.25, 0.3) is 0 Å². The average Bonchev–Trinajstić information content (AvgIpc) is 2.59. The zero-order valence-corrected chi connectivity index (χ0v) is 13.2. The number of hydrogen-bond acceptors (Lipinski definition) is 2. The third-order valence-electron chi connectivity index (χ3n) is 3.91. The molecule has 116 valence electrons. The predicted octanol–water partition coefficient (Wildman–Crippen LogP) is 4.17. The highest BCUT2D eigenvalue weighted by Gasteiger charge is 2.19. The van der Waals surface area contributed by atoms with E-state index in [1.807, 2.05) is 31.2 Å². The number of benzene rings is 2. The minimum Gasteiger partial charge on any atom is -0.497 e. The molecule has 1 atom stereocenters. The Morgan fingerprint density at radius 3 is 2.48 bits per heavy atom. The fraction of sp³-hybridized carbons (Fsp3) is 0.150. The summed E-state index contributed by atoms with van der Waals surface area (Å²) >= 11 is 0. The quantitative estimate of drug-likeness (QED) is 0.843. The van der Waals surface area contributed by atoms with Crippen molar-refractivity contribution < 1.29 is 14.6 Å². The van der Waals surface area contributed by atoms with Gasteiger partial charge in [0.1, 0.15) is 5.75 Å². The number of hydrogen-bond donors (Lipinski definition) is 1. The molecule has 3 nitrogen and oxygen atoms in total. The Morgan fingerprint density at radius 1 is 1.35 bits per heavy atom. The fourth-order valence-electron chi connectivity index (χ4n) is 2.54. The van der Waals surface area contributed by atoms with Crippen molar-refractivity contribution in [1.82, 2.24) is 0 Å². The standard InChI is InChI=1S/C20H18O3/c1-5-14-11-18(19(20(21)22)12-15(14)6-2)13(3)16-7-9-17(23-4)10-8-16/h2,5,7-13H,1H2,3-4H3,(H,21,22). The zero-order chi connectivity index (χ0) is 17.0. The van der Waals surface area contributed by atoms with Crippen LogP contribution in [-0.4, -0.2) is 18.2 Å². The van der Waals surface area contributed by atoms with E-state index >= 15 is 0 Å². The summed E-state index contributed by atoms with van der Waals surface area (Å²) in [5, 5.41) is 9.51. The SMILES string of the molecule is C#Cc1cc(C(=O)O)c(C(C)c2ccc(OC)cc2)cc1C=C. The largest absolute Gasteiger partial charge is 0.497 e. The van der Waals surface area contributed by atoms with Crippen molar-refractivity contribution in [1.29, 1.82) is 0 Å². The van der Waals surface area contributed by atoms with Gasteiger partial charge in [-0.2, -0.15) is 0 Å². The number of methoxy groups -OCH3 is 1. The van der Waals surface area contributed by atoms with Crippen LogP contribution in [0.25, 0.3) is 6.08 Å². The highest BCUT2D eigenvalue weighted by molar-refractivity contribution is 5.91. The summed E-state index contributed by atoms with van der Waals surface area (Å²) in [6.45, 7) is 5.71. The van der Waals surface area contributed by atoms with Gasteiger partial charge in [-0.1, -0.05) is 37.6 Å². The summed E-state index contributed by atoms with van der Waals surface area (Å²) in [6.07, 6.45) is 7.10. The summed E-state index contributed by atoms with van der Waals surface area (Å²) < 4.78 is 5.15. The first kappa shape index (κ1) is 16.4. The molecule has 0 amide bonds. The monoisotopic (exact) mass is 306 g/mol. The lowest BCUT2D eigenvalue weighted by molar-refractivity contribution is 0.0695. The second-order valence-electron chi connectivity index (χ2n) is 5.18. The molecule has 0 aromatic heterocycles. The van der Waals surface area contributed by atoms with Crippen molar-refractivity contribution in [2.45, 2.75) is 12.8 Å². The van der Waals surface area contributed by atoms with E-state index in [0.717, 1.165) is 16.9 Å². The van der Waals surface area contributed by atoms with Gasteiger partial charge in [0.2, 0.25) is 0 Å². The molecule has 0 aliphatic carbocycles. The summed E-state index contributed by atoms with van der Waals surface area (Å²) in [4.78, 5) is 11.6. The van der Waals surface area contributed by atoms with Crippen molar-refractivity contribution in [3.05, 3.63) is 70.8 Å². The highest BCUT2D eigenvalue weighted by atomic mass is 16.5. The lowest BCUT2D eigenvalue weighted by atomic mass is 9.87. The van der Waals surface area contributed by atoms with Crippen LogP contribution in [0.1, 0.15) is 45.5 Å². The second-order valence-corrected chi connectivity index (χ2v) is 5.18. The number of rotatable bonds is 5. The highest BCUT2D eigenvalue weighted by Crippen LogP contribution is 2.30. The molecule has 0 saturated carbocycles. The Morgan fingerprint density at radius 2 is 2.00 bits per heavy atom. The lowest BCUT2D eigenvalue weighted by Crippen LogP contribution is -2.08. The van der Waals surface area contributed by atoms with Crippen LogP contribution in [-0.2, 0) is 0 Å². The van der Waals surface area contributed by atoms with Crippen LogP contribution < -0.4 is 4.74 Å². The lowest BCUT2D eigenvalue weighted by Gasteiger charge is -2.17. The van der Waals surface area contributed by atoms with Crippen LogP contribution in [0.5, 0.6) is 5.75 Å². The maximum absolute atomic E-state index is 11.6. The second kappa shape index (κ2) is 6.85. The number of carboxylic acids is 1. The van der Waals surface area contributed by atoms with E-state index in [-0.39, 0.29) is 11.5 Å². The van der Waals surface area contributed by atoms with E-state index in [2.05, 4.69) is 12.5 Å².